The van der Waals surface area contributed by atoms with E-state index in [9.17, 15) is 38.4 Å². The Labute approximate surface area is 294 Å². The van der Waals surface area contributed by atoms with Gasteiger partial charge in [-0.2, -0.15) is 0 Å². The van der Waals surface area contributed by atoms with Crippen LogP contribution in [-0.2, 0) is 73.8 Å². The highest BCUT2D eigenvalue weighted by Crippen LogP contribution is 2.14. The third-order valence-electron chi connectivity index (χ3n) is 6.73. The van der Waals surface area contributed by atoms with Crippen LogP contribution in [0.3, 0.4) is 0 Å². The van der Waals surface area contributed by atoms with Gasteiger partial charge in [0.2, 0.25) is 17.7 Å². The highest BCUT2D eigenvalue weighted by atomic mass is 32.7. The fourth-order valence-electron chi connectivity index (χ4n) is 3.87. The highest BCUT2D eigenvalue weighted by Gasteiger charge is 2.24. The average molecular weight is 764 g/mol. The summed E-state index contributed by atoms with van der Waals surface area (Å²) in [7, 11) is 2.12. The Morgan fingerprint density at radius 3 is 1.36 bits per heavy atom. The van der Waals surface area contributed by atoms with Crippen LogP contribution in [0.2, 0.25) is 0 Å². The Kier molecular flexibility index (Phi) is 24.9. The van der Waals surface area contributed by atoms with E-state index in [2.05, 4.69) is 46.1 Å². The molecule has 13 nitrogen and oxygen atoms in total. The molecule has 1 unspecified atom stereocenters. The highest BCUT2D eigenvalue weighted by molar-refractivity contribution is 8.40. The third-order valence-corrected chi connectivity index (χ3v) is 10.6. The second kappa shape index (κ2) is 26.4. The molecular weight excluding hydrogens is 723 g/mol. The lowest BCUT2D eigenvalue weighted by Crippen LogP contribution is -2.35. The molecule has 0 bridgehead atoms. The van der Waals surface area contributed by atoms with Gasteiger partial charge in [-0.05, 0) is 61.1 Å². The van der Waals surface area contributed by atoms with Crippen molar-refractivity contribution in [3.8, 4) is 0 Å². The van der Waals surface area contributed by atoms with Crippen molar-refractivity contribution in [2.75, 3.05) is 26.2 Å². The van der Waals surface area contributed by atoms with E-state index < -0.39 is 0 Å². The van der Waals surface area contributed by atoms with Gasteiger partial charge in [-0.3, -0.25) is 48.2 Å². The van der Waals surface area contributed by atoms with Gasteiger partial charge in [0.1, 0.15) is 0 Å². The van der Waals surface area contributed by atoms with E-state index in [4.69, 9.17) is 5.73 Å². The van der Waals surface area contributed by atoms with Gasteiger partial charge in [0, 0.05) is 89.2 Å². The first-order chi connectivity index (χ1) is 22.3. The second-order valence-corrected chi connectivity index (χ2v) is 15.7. The number of nitrogens with zero attached hydrogens (tertiary/aromatic N) is 2. The molecule has 0 spiro atoms. The number of amides is 7. The van der Waals surface area contributed by atoms with Crippen molar-refractivity contribution in [1.82, 2.24) is 20.4 Å². The summed E-state index contributed by atoms with van der Waals surface area (Å²) in [5.74, 6) is -2.41. The zero-order valence-corrected chi connectivity index (χ0v) is 31.4. The van der Waals surface area contributed by atoms with Crippen molar-refractivity contribution in [3.05, 3.63) is 24.3 Å². The van der Waals surface area contributed by atoms with Crippen LogP contribution in [0.5, 0.6) is 0 Å². The maximum absolute atomic E-state index is 11.6. The van der Waals surface area contributed by atoms with E-state index >= 15 is 0 Å². The molecule has 0 saturated heterocycles. The van der Waals surface area contributed by atoms with Crippen LogP contribution in [0, 0.1) is 11.8 Å². The zero-order valence-electron chi connectivity index (χ0n) is 26.3. The number of primary amides is 1. The first-order valence-electron chi connectivity index (χ1n) is 14.7. The van der Waals surface area contributed by atoms with Crippen molar-refractivity contribution >= 4 is 104 Å². The molecule has 0 aliphatic carbocycles. The number of hydrogen-bond acceptors (Lipinski definition) is 11. The van der Waals surface area contributed by atoms with Crippen LogP contribution in [0.4, 0.5) is 0 Å². The number of nitrogens with one attached hydrogen (secondary N) is 2. The monoisotopic (exact) mass is 763 g/mol. The largest absolute Gasteiger partial charge is 0.369 e. The van der Waals surface area contributed by atoms with E-state index in [-0.39, 0.29) is 84.6 Å². The summed E-state index contributed by atoms with van der Waals surface area (Å²) in [4.78, 5) is 92.5. The molecule has 2 aliphatic heterocycles. The quantitative estimate of drug-likeness (QED) is 0.0938. The molecule has 19 heteroatoms. The Bertz CT molecular complexity index is 1210. The van der Waals surface area contributed by atoms with Crippen LogP contribution in [0.25, 0.3) is 0 Å². The van der Waals surface area contributed by atoms with Gasteiger partial charge in [-0.15, -0.1) is 0 Å². The Hall–Kier alpha value is -2.60. The summed E-state index contributed by atoms with van der Waals surface area (Å²) in [6, 6.07) is 0. The van der Waals surface area contributed by atoms with Gasteiger partial charge in [-0.1, -0.05) is 26.7 Å². The minimum absolute atomic E-state index is 0.0328. The van der Waals surface area contributed by atoms with Crippen molar-refractivity contribution in [2.24, 2.45) is 17.6 Å². The molecule has 0 aromatic heterocycles. The van der Waals surface area contributed by atoms with Crippen LogP contribution < -0.4 is 16.4 Å². The van der Waals surface area contributed by atoms with Gasteiger partial charge >= 0.3 is 0 Å². The van der Waals surface area contributed by atoms with E-state index in [1.807, 2.05) is 6.92 Å². The molecule has 4 N–H and O–H groups in total. The summed E-state index contributed by atoms with van der Waals surface area (Å²) in [6.45, 7) is 4.85. The fourth-order valence-corrected chi connectivity index (χ4v) is 4.72. The molecule has 2 heterocycles. The van der Waals surface area contributed by atoms with E-state index in [1.54, 1.807) is 6.92 Å². The molecule has 0 aromatic carbocycles. The second-order valence-electron chi connectivity index (χ2n) is 10.3. The number of nitrogens with two attached hydrogens (primary N) is 1. The zero-order chi connectivity index (χ0) is 35.8. The van der Waals surface area contributed by atoms with Gasteiger partial charge in [-0.25, -0.2) is 0 Å². The van der Waals surface area contributed by atoms with Crippen LogP contribution in [0.15, 0.2) is 24.3 Å². The average Bonchev–Trinajstić information content (AvgIpc) is 3.55. The maximum atomic E-state index is 11.6. The van der Waals surface area contributed by atoms with Crippen molar-refractivity contribution in [2.45, 2.75) is 65.2 Å². The SMILES string of the molecule is CC(CCCCNC(=O)CCN1C(=O)C=CC1=O)C(N)=O.C[C@@H](CCCCNC(=O)CCN1C(=O)C=CC1=O)C(=O)P=S.S=PP=S. The molecule has 0 saturated carbocycles. The molecule has 2 rings (SSSR count). The summed E-state index contributed by atoms with van der Waals surface area (Å²) >= 11 is 13.5. The van der Waals surface area contributed by atoms with Gasteiger partial charge in [0.25, 0.3) is 23.6 Å². The Morgan fingerprint density at radius 1 is 0.681 bits per heavy atom. The standard InChI is InChI=1S/C14H21N3O4.C14H19N2O4PS.P2S2/c1-10(14(15)21)4-2-3-8-16-11(18)7-9-17-12(19)5-6-13(17)20;1-10(14(20)21-22)4-2-3-8-15-11(17)7-9-16-12(18)5-6-13(16)19;3-1-2-4/h5-6,10H,2-4,7-9H2,1H3,(H2,15,21)(H,16,18);5-6,10H,2-4,7-9H2,1H3,(H,15,17);/t;10-;/m.0./s1. The van der Waals surface area contributed by atoms with Crippen LogP contribution in [-0.4, -0.2) is 82.9 Å². The Balaban J connectivity index is 0.000000808. The number of hydrogen-bond donors (Lipinski definition) is 3. The van der Waals surface area contributed by atoms with E-state index in [1.165, 1.54) is 24.3 Å². The lowest BCUT2D eigenvalue weighted by molar-refractivity contribution is -0.139. The molecule has 0 radical (unpaired) electrons. The first-order valence-corrected chi connectivity index (χ1v) is 21.1. The van der Waals surface area contributed by atoms with Crippen LogP contribution in [0.1, 0.15) is 65.2 Å². The number of carbonyl (C=O) groups is 8. The van der Waals surface area contributed by atoms with Gasteiger partial charge in [0.15, 0.2) is 5.52 Å². The molecule has 47 heavy (non-hydrogen) atoms. The number of imide groups is 2. The van der Waals surface area contributed by atoms with Gasteiger partial charge < -0.3 is 16.4 Å². The molecule has 2 atom stereocenters. The first kappa shape index (κ1) is 44.4. The normalized spacial score (nSPS) is 14.9. The molecule has 0 aromatic rings. The smallest absolute Gasteiger partial charge is 0.253 e. The summed E-state index contributed by atoms with van der Waals surface area (Å²) < 4.78 is 0. The summed E-state index contributed by atoms with van der Waals surface area (Å²) in [6.07, 6.45) is 9.63. The molecular formula is C28H40N5O8P3S3. The Morgan fingerprint density at radius 2 is 1.04 bits per heavy atom. The predicted octanol–water partition coefficient (Wildman–Crippen LogP) is 2.59. The van der Waals surface area contributed by atoms with Crippen molar-refractivity contribution in [1.29, 1.82) is 0 Å². The number of rotatable bonds is 20. The lowest BCUT2D eigenvalue weighted by atomic mass is 10.0. The third kappa shape index (κ3) is 20.4. The summed E-state index contributed by atoms with van der Waals surface area (Å²) in [5, 5.41) is 5.45. The minimum atomic E-state index is -0.381. The molecule has 2 aliphatic rings. The van der Waals surface area contributed by atoms with Crippen molar-refractivity contribution < 1.29 is 38.4 Å². The number of carbonyl (C=O) groups excluding carboxylic acids is 8. The number of unbranched alkanes of at least 4 members (excludes halogenated alkanes) is 2. The van der Waals surface area contributed by atoms with E-state index in [0.29, 0.717) is 26.9 Å². The molecule has 7 amide bonds. The topological polar surface area (TPSA) is 193 Å². The van der Waals surface area contributed by atoms with Crippen molar-refractivity contribution in [3.63, 3.8) is 0 Å². The predicted molar refractivity (Wildman–Crippen MR) is 190 cm³/mol. The van der Waals surface area contributed by atoms with Crippen LogP contribution >= 0.6 is 21.4 Å². The minimum Gasteiger partial charge on any atom is -0.369 e. The van der Waals surface area contributed by atoms with Gasteiger partial charge in [0.05, 0.1) is 7.36 Å². The lowest BCUT2D eigenvalue weighted by Gasteiger charge is -2.13. The maximum Gasteiger partial charge on any atom is 0.253 e. The molecule has 0 fully saturated rings. The van der Waals surface area contributed by atoms with E-state index in [0.717, 1.165) is 56.0 Å². The molecule has 258 valence electrons. The summed E-state index contributed by atoms with van der Waals surface area (Å²) in [5.41, 5.74) is 5.21. The fraction of sp³-hybridized carbons (Fsp3) is 0.571.